The van der Waals surface area contributed by atoms with Crippen molar-refractivity contribution in [2.45, 2.75) is 38.4 Å². The number of alkyl halides is 6. The van der Waals surface area contributed by atoms with Gasteiger partial charge in [0.1, 0.15) is 0 Å². The minimum atomic E-state index is -4.93. The summed E-state index contributed by atoms with van der Waals surface area (Å²) in [6, 6.07) is 25.7. The molecule has 0 aliphatic heterocycles. The SMILES string of the molecule is O=C(O)c1ccc(CN(CCCNCc2ccc(-c3ccccc3)cc2)Cc2cc(C(F)(F)F)cc(C(F)(F)F)c2)cc1. The minimum absolute atomic E-state index is 0.0731. The summed E-state index contributed by atoms with van der Waals surface area (Å²) < 4.78 is 80.5. The summed E-state index contributed by atoms with van der Waals surface area (Å²) in [6.07, 6.45) is -9.30. The molecular weight excluding hydrogens is 570 g/mol. The van der Waals surface area contributed by atoms with Crippen molar-refractivity contribution in [2.24, 2.45) is 0 Å². The molecule has 0 heterocycles. The van der Waals surface area contributed by atoms with Gasteiger partial charge in [0.15, 0.2) is 0 Å². The lowest BCUT2D eigenvalue weighted by molar-refractivity contribution is -0.143. The standard InChI is InChI=1S/C33H30F6N2O2/c34-32(35,36)29-17-25(18-30(19-29)33(37,38)39)22-41(21-24-9-13-28(14-10-24)31(42)43)16-4-15-40-20-23-7-11-27(12-8-23)26-5-2-1-3-6-26/h1-3,5-14,17-19,40H,4,15-16,20-22H2,(H,42,43). The molecule has 4 rings (SSSR count). The number of hydrogen-bond donors (Lipinski definition) is 2. The van der Waals surface area contributed by atoms with Crippen LogP contribution in [0.5, 0.6) is 0 Å². The molecule has 0 radical (unpaired) electrons. The fourth-order valence-corrected chi connectivity index (χ4v) is 4.70. The number of carbonyl (C=O) groups is 1. The highest BCUT2D eigenvalue weighted by Crippen LogP contribution is 2.36. The summed E-state index contributed by atoms with van der Waals surface area (Å²) in [4.78, 5) is 12.9. The quantitative estimate of drug-likeness (QED) is 0.127. The second-order valence-electron chi connectivity index (χ2n) is 10.2. The molecular formula is C33H30F6N2O2. The summed E-state index contributed by atoms with van der Waals surface area (Å²) in [5, 5.41) is 12.5. The van der Waals surface area contributed by atoms with Crippen LogP contribution in [0.1, 0.15) is 44.6 Å². The Kier molecular flexibility index (Phi) is 10.3. The van der Waals surface area contributed by atoms with E-state index in [-0.39, 0.29) is 30.3 Å². The van der Waals surface area contributed by atoms with Crippen LogP contribution in [0, 0.1) is 0 Å². The zero-order chi connectivity index (χ0) is 31.0. The molecule has 0 amide bonds. The Bertz CT molecular complexity index is 1450. The fourth-order valence-electron chi connectivity index (χ4n) is 4.70. The van der Waals surface area contributed by atoms with Gasteiger partial charge in [-0.1, -0.05) is 66.7 Å². The van der Waals surface area contributed by atoms with Crippen LogP contribution in [0.2, 0.25) is 0 Å². The van der Waals surface area contributed by atoms with E-state index in [0.717, 1.165) is 28.8 Å². The van der Waals surface area contributed by atoms with E-state index in [1.54, 1.807) is 17.0 Å². The first-order chi connectivity index (χ1) is 20.4. The monoisotopic (exact) mass is 600 g/mol. The van der Waals surface area contributed by atoms with Crippen LogP contribution >= 0.6 is 0 Å². The lowest BCUT2D eigenvalue weighted by Gasteiger charge is -2.24. The van der Waals surface area contributed by atoms with Crippen LogP contribution in [0.15, 0.2) is 97.1 Å². The van der Waals surface area contributed by atoms with Gasteiger partial charge in [0.05, 0.1) is 16.7 Å². The fraction of sp³-hybridized carbons (Fsp3) is 0.242. The third kappa shape index (κ3) is 9.42. The minimum Gasteiger partial charge on any atom is -0.478 e. The number of nitrogens with zero attached hydrogens (tertiary/aromatic N) is 1. The largest absolute Gasteiger partial charge is 0.478 e. The molecule has 2 N–H and O–H groups in total. The maximum Gasteiger partial charge on any atom is 0.416 e. The predicted octanol–water partition coefficient (Wildman–Crippen LogP) is 8.27. The summed E-state index contributed by atoms with van der Waals surface area (Å²) in [5.41, 5.74) is 1.20. The predicted molar refractivity (Wildman–Crippen MR) is 152 cm³/mol. The molecule has 0 saturated heterocycles. The van der Waals surface area contributed by atoms with Crippen molar-refractivity contribution in [3.8, 4) is 11.1 Å². The molecule has 0 atom stereocenters. The van der Waals surface area contributed by atoms with Crippen molar-refractivity contribution in [3.05, 3.63) is 130 Å². The van der Waals surface area contributed by atoms with Gasteiger partial charge in [-0.05, 0) is 71.1 Å². The van der Waals surface area contributed by atoms with Crippen molar-refractivity contribution in [1.82, 2.24) is 10.2 Å². The summed E-state index contributed by atoms with van der Waals surface area (Å²) in [5.74, 6) is -1.10. The second kappa shape index (κ2) is 13.9. The van der Waals surface area contributed by atoms with E-state index >= 15 is 0 Å². The zero-order valence-corrected chi connectivity index (χ0v) is 23.1. The second-order valence-corrected chi connectivity index (χ2v) is 10.2. The zero-order valence-electron chi connectivity index (χ0n) is 23.1. The van der Waals surface area contributed by atoms with Crippen LogP contribution in [0.4, 0.5) is 26.3 Å². The van der Waals surface area contributed by atoms with Gasteiger partial charge in [-0.25, -0.2) is 4.79 Å². The molecule has 0 saturated carbocycles. The van der Waals surface area contributed by atoms with E-state index in [1.165, 1.54) is 12.1 Å². The van der Waals surface area contributed by atoms with Gasteiger partial charge in [0.25, 0.3) is 0 Å². The molecule has 4 nitrogen and oxygen atoms in total. The highest BCUT2D eigenvalue weighted by molar-refractivity contribution is 5.87. The average Bonchev–Trinajstić information content (AvgIpc) is 2.97. The first kappa shape index (κ1) is 31.8. The van der Waals surface area contributed by atoms with Gasteiger partial charge in [0.2, 0.25) is 0 Å². The summed E-state index contributed by atoms with van der Waals surface area (Å²) in [7, 11) is 0. The highest BCUT2D eigenvalue weighted by Gasteiger charge is 2.37. The van der Waals surface area contributed by atoms with Crippen molar-refractivity contribution in [1.29, 1.82) is 0 Å². The van der Waals surface area contributed by atoms with Crippen LogP contribution in [0.3, 0.4) is 0 Å². The Balaban J connectivity index is 1.42. The molecule has 0 aliphatic rings. The third-order valence-corrected chi connectivity index (χ3v) is 6.88. The van der Waals surface area contributed by atoms with Crippen molar-refractivity contribution >= 4 is 5.97 Å². The molecule has 0 aromatic heterocycles. The molecule has 10 heteroatoms. The number of carboxylic acid groups (broad SMARTS) is 1. The number of benzene rings is 4. The van der Waals surface area contributed by atoms with Crippen LogP contribution in [-0.4, -0.2) is 29.1 Å². The molecule has 226 valence electrons. The van der Waals surface area contributed by atoms with Crippen molar-refractivity contribution < 1.29 is 36.2 Å². The van der Waals surface area contributed by atoms with Gasteiger partial charge in [-0.15, -0.1) is 0 Å². The number of aromatic carboxylic acids is 1. The Hall–Kier alpha value is -4.15. The molecule has 0 bridgehead atoms. The molecule has 0 aliphatic carbocycles. The van der Waals surface area contributed by atoms with Gasteiger partial charge in [-0.2, -0.15) is 26.3 Å². The number of carboxylic acids is 1. The molecule has 43 heavy (non-hydrogen) atoms. The van der Waals surface area contributed by atoms with Gasteiger partial charge in [-0.3, -0.25) is 4.90 Å². The molecule has 0 fully saturated rings. The Morgan fingerprint density at radius 1 is 0.674 bits per heavy atom. The van der Waals surface area contributed by atoms with Crippen molar-refractivity contribution in [2.75, 3.05) is 13.1 Å². The molecule has 0 spiro atoms. The van der Waals surface area contributed by atoms with Gasteiger partial charge >= 0.3 is 18.3 Å². The van der Waals surface area contributed by atoms with E-state index in [9.17, 15) is 31.1 Å². The normalized spacial score (nSPS) is 12.1. The average molecular weight is 601 g/mol. The van der Waals surface area contributed by atoms with Gasteiger partial charge in [0, 0.05) is 26.2 Å². The number of hydrogen-bond acceptors (Lipinski definition) is 3. The summed E-state index contributed by atoms with van der Waals surface area (Å²) in [6.45, 7) is 1.57. The van der Waals surface area contributed by atoms with E-state index in [0.29, 0.717) is 31.6 Å². The highest BCUT2D eigenvalue weighted by atomic mass is 19.4. The summed E-state index contributed by atoms with van der Waals surface area (Å²) >= 11 is 0. The third-order valence-electron chi connectivity index (χ3n) is 6.88. The van der Waals surface area contributed by atoms with Crippen LogP contribution in [-0.2, 0) is 32.0 Å². The lowest BCUT2D eigenvalue weighted by atomic mass is 10.0. The molecule has 4 aromatic carbocycles. The Morgan fingerprint density at radius 2 is 1.21 bits per heavy atom. The number of nitrogens with one attached hydrogen (secondary N) is 1. The molecule has 4 aromatic rings. The van der Waals surface area contributed by atoms with E-state index in [1.807, 2.05) is 54.6 Å². The maximum atomic E-state index is 13.4. The first-order valence-corrected chi connectivity index (χ1v) is 13.6. The van der Waals surface area contributed by atoms with E-state index < -0.39 is 29.4 Å². The maximum absolute atomic E-state index is 13.4. The smallest absolute Gasteiger partial charge is 0.416 e. The van der Waals surface area contributed by atoms with Crippen LogP contribution < -0.4 is 5.32 Å². The van der Waals surface area contributed by atoms with E-state index in [4.69, 9.17) is 5.11 Å². The van der Waals surface area contributed by atoms with Crippen molar-refractivity contribution in [3.63, 3.8) is 0 Å². The van der Waals surface area contributed by atoms with E-state index in [2.05, 4.69) is 5.32 Å². The molecule has 0 unspecified atom stereocenters. The first-order valence-electron chi connectivity index (χ1n) is 13.6. The lowest BCUT2D eigenvalue weighted by Crippen LogP contribution is -2.27. The Labute approximate surface area is 245 Å². The topological polar surface area (TPSA) is 52.6 Å². The number of halogens is 6. The van der Waals surface area contributed by atoms with Gasteiger partial charge < -0.3 is 10.4 Å². The number of rotatable bonds is 12. The Morgan fingerprint density at radius 3 is 1.77 bits per heavy atom. The van der Waals surface area contributed by atoms with Crippen LogP contribution in [0.25, 0.3) is 11.1 Å².